The van der Waals surface area contributed by atoms with Crippen molar-refractivity contribution >= 4 is 34.7 Å². The van der Waals surface area contributed by atoms with Crippen LogP contribution < -0.4 is 0 Å². The molecule has 0 bridgehead atoms. The van der Waals surface area contributed by atoms with Gasteiger partial charge in [0.15, 0.2) is 10.4 Å². The summed E-state index contributed by atoms with van der Waals surface area (Å²) in [5.41, 5.74) is 1.84. The summed E-state index contributed by atoms with van der Waals surface area (Å²) in [6.07, 6.45) is 3.67. The van der Waals surface area contributed by atoms with Crippen LogP contribution in [0, 0.1) is 11.7 Å². The molecule has 6 heteroatoms. The fourth-order valence-electron chi connectivity index (χ4n) is 1.99. The summed E-state index contributed by atoms with van der Waals surface area (Å²) in [5.74, 6) is 0. The Morgan fingerprint density at radius 1 is 1.44 bits per heavy atom. The van der Waals surface area contributed by atoms with E-state index in [0.717, 1.165) is 16.2 Å². The predicted octanol–water partition coefficient (Wildman–Crippen LogP) is 3.47. The Labute approximate surface area is 113 Å². The van der Waals surface area contributed by atoms with Gasteiger partial charge in [-0.15, -0.1) is 11.3 Å². The summed E-state index contributed by atoms with van der Waals surface area (Å²) < 4.78 is 2.70. The highest BCUT2D eigenvalue weighted by Gasteiger charge is 2.16. The first kappa shape index (κ1) is 11.6. The van der Waals surface area contributed by atoms with Gasteiger partial charge in [-0.05, 0) is 38.2 Å². The van der Waals surface area contributed by atoms with Crippen LogP contribution in [-0.2, 0) is 0 Å². The van der Waals surface area contributed by atoms with Crippen LogP contribution in [0.5, 0.6) is 0 Å². The smallest absolute Gasteiger partial charge is 0.179 e. The van der Waals surface area contributed by atoms with Crippen LogP contribution >= 0.6 is 23.6 Å². The van der Waals surface area contributed by atoms with Crippen molar-refractivity contribution in [2.24, 2.45) is 0 Å². The molecule has 0 spiro atoms. The molecule has 1 unspecified atom stereocenters. The van der Waals surface area contributed by atoms with Gasteiger partial charge in [0.2, 0.25) is 0 Å². The third-order valence-corrected chi connectivity index (χ3v) is 4.24. The van der Waals surface area contributed by atoms with E-state index >= 15 is 0 Å². The monoisotopic (exact) mass is 276 g/mol. The molecule has 3 heterocycles. The second-order valence-corrected chi connectivity index (χ2v) is 5.81. The third kappa shape index (κ3) is 1.77. The Hall–Kier alpha value is -1.53. The lowest BCUT2D eigenvalue weighted by atomic mass is 10.3. The third-order valence-electron chi connectivity index (χ3n) is 2.86. The number of H-pyrrole nitrogens is 1. The lowest BCUT2D eigenvalue weighted by molar-refractivity contribution is 0.639. The number of aromatic nitrogens is 4. The number of aromatic amines is 1. The molecule has 18 heavy (non-hydrogen) atoms. The maximum Gasteiger partial charge on any atom is 0.179 e. The van der Waals surface area contributed by atoms with E-state index in [1.807, 2.05) is 22.9 Å². The standard InChI is InChI=1S/C12H12N4S2/c1-7-6-14-11(18-7)8(2)16-10-9(15-12(16)17)4-3-5-13-10/h3-6,8H,1-2H3,(H,15,17). The van der Waals surface area contributed by atoms with Gasteiger partial charge in [0, 0.05) is 17.3 Å². The van der Waals surface area contributed by atoms with E-state index in [2.05, 4.69) is 28.8 Å². The number of nitrogens with one attached hydrogen (secondary N) is 1. The quantitative estimate of drug-likeness (QED) is 0.729. The van der Waals surface area contributed by atoms with Crippen LogP contribution in [0.4, 0.5) is 0 Å². The SMILES string of the molecule is Cc1cnc(C(C)n2c(=S)[nH]c3cccnc32)s1. The van der Waals surface area contributed by atoms with Crippen LogP contribution in [-0.4, -0.2) is 19.5 Å². The van der Waals surface area contributed by atoms with Gasteiger partial charge in [0.25, 0.3) is 0 Å². The Kier molecular flexibility index (Phi) is 2.76. The van der Waals surface area contributed by atoms with E-state index in [1.165, 1.54) is 4.88 Å². The van der Waals surface area contributed by atoms with Crippen molar-refractivity contribution in [3.63, 3.8) is 0 Å². The van der Waals surface area contributed by atoms with Crippen molar-refractivity contribution in [2.45, 2.75) is 19.9 Å². The number of nitrogens with zero attached hydrogens (tertiary/aromatic N) is 3. The number of aryl methyl sites for hydroxylation is 1. The minimum Gasteiger partial charge on any atom is -0.329 e. The summed E-state index contributed by atoms with van der Waals surface area (Å²) in [7, 11) is 0. The normalized spacial score (nSPS) is 13.0. The maximum atomic E-state index is 5.38. The highest BCUT2D eigenvalue weighted by atomic mass is 32.1. The Balaban J connectivity index is 2.19. The molecule has 0 saturated carbocycles. The van der Waals surface area contributed by atoms with Gasteiger partial charge in [-0.2, -0.15) is 0 Å². The second-order valence-electron chi connectivity index (χ2n) is 4.16. The largest absolute Gasteiger partial charge is 0.329 e. The number of pyridine rings is 1. The first-order chi connectivity index (χ1) is 8.66. The molecule has 1 N–H and O–H groups in total. The van der Waals surface area contributed by atoms with Crippen molar-refractivity contribution in [1.29, 1.82) is 0 Å². The topological polar surface area (TPSA) is 46.5 Å². The molecule has 0 aliphatic carbocycles. The molecule has 0 aliphatic rings. The summed E-state index contributed by atoms with van der Waals surface area (Å²) in [5, 5.41) is 1.05. The van der Waals surface area contributed by atoms with Crippen molar-refractivity contribution in [1.82, 2.24) is 19.5 Å². The number of imidazole rings is 1. The minimum absolute atomic E-state index is 0.0971. The van der Waals surface area contributed by atoms with Crippen LogP contribution in [0.2, 0.25) is 0 Å². The molecular formula is C12H12N4S2. The summed E-state index contributed by atoms with van der Waals surface area (Å²) in [6, 6.07) is 3.98. The van der Waals surface area contributed by atoms with Gasteiger partial charge in [0.05, 0.1) is 11.6 Å². The lowest BCUT2D eigenvalue weighted by Gasteiger charge is -2.10. The van der Waals surface area contributed by atoms with Crippen LogP contribution in [0.1, 0.15) is 22.9 Å². The van der Waals surface area contributed by atoms with Crippen LogP contribution in [0.25, 0.3) is 11.2 Å². The Bertz CT molecular complexity index is 753. The number of rotatable bonds is 2. The highest BCUT2D eigenvalue weighted by Crippen LogP contribution is 2.26. The molecule has 3 rings (SSSR count). The minimum atomic E-state index is 0.0971. The molecule has 3 aromatic heterocycles. The van der Waals surface area contributed by atoms with E-state index in [1.54, 1.807) is 17.5 Å². The van der Waals surface area contributed by atoms with E-state index in [0.29, 0.717) is 4.77 Å². The van der Waals surface area contributed by atoms with Crippen LogP contribution in [0.15, 0.2) is 24.5 Å². The van der Waals surface area contributed by atoms with E-state index in [4.69, 9.17) is 12.2 Å². The van der Waals surface area contributed by atoms with Crippen molar-refractivity contribution in [2.75, 3.05) is 0 Å². The fraction of sp³-hybridized carbons (Fsp3) is 0.250. The Morgan fingerprint density at radius 2 is 2.28 bits per heavy atom. The fourth-order valence-corrected chi connectivity index (χ4v) is 3.16. The molecule has 0 saturated heterocycles. The number of hydrogen-bond donors (Lipinski definition) is 1. The highest BCUT2D eigenvalue weighted by molar-refractivity contribution is 7.71. The summed E-state index contributed by atoms with van der Waals surface area (Å²) in [4.78, 5) is 13.2. The molecule has 0 radical (unpaired) electrons. The zero-order chi connectivity index (χ0) is 12.7. The molecular weight excluding hydrogens is 264 g/mol. The average Bonchev–Trinajstić information content (AvgIpc) is 2.91. The van der Waals surface area contributed by atoms with E-state index in [9.17, 15) is 0 Å². The van der Waals surface area contributed by atoms with Gasteiger partial charge in [-0.25, -0.2) is 9.97 Å². The molecule has 0 aliphatic heterocycles. The number of fused-ring (bicyclic) bond motifs is 1. The molecule has 1 atom stereocenters. The molecule has 92 valence electrons. The predicted molar refractivity (Wildman–Crippen MR) is 75.6 cm³/mol. The second kappa shape index (κ2) is 4.29. The van der Waals surface area contributed by atoms with Crippen molar-refractivity contribution in [3.05, 3.63) is 39.2 Å². The summed E-state index contributed by atoms with van der Waals surface area (Å²) in [6.45, 7) is 4.15. The first-order valence-corrected chi connectivity index (χ1v) is 6.87. The number of thiazole rings is 1. The van der Waals surface area contributed by atoms with E-state index < -0.39 is 0 Å². The zero-order valence-electron chi connectivity index (χ0n) is 10.0. The first-order valence-electron chi connectivity index (χ1n) is 5.64. The molecule has 0 aromatic carbocycles. The van der Waals surface area contributed by atoms with Gasteiger partial charge in [-0.3, -0.25) is 4.57 Å². The van der Waals surface area contributed by atoms with Gasteiger partial charge in [0.1, 0.15) is 5.01 Å². The van der Waals surface area contributed by atoms with Crippen molar-refractivity contribution < 1.29 is 0 Å². The van der Waals surface area contributed by atoms with Gasteiger partial charge >= 0.3 is 0 Å². The van der Waals surface area contributed by atoms with E-state index in [-0.39, 0.29) is 6.04 Å². The molecule has 0 amide bonds. The Morgan fingerprint density at radius 3 is 3.00 bits per heavy atom. The lowest BCUT2D eigenvalue weighted by Crippen LogP contribution is -2.07. The molecule has 3 aromatic rings. The van der Waals surface area contributed by atoms with Gasteiger partial charge in [-0.1, -0.05) is 0 Å². The van der Waals surface area contributed by atoms with Crippen molar-refractivity contribution in [3.8, 4) is 0 Å². The maximum absolute atomic E-state index is 5.38. The summed E-state index contributed by atoms with van der Waals surface area (Å²) >= 11 is 7.07. The van der Waals surface area contributed by atoms with Crippen LogP contribution in [0.3, 0.4) is 0 Å². The van der Waals surface area contributed by atoms with Gasteiger partial charge < -0.3 is 4.98 Å². The number of hydrogen-bond acceptors (Lipinski definition) is 4. The zero-order valence-corrected chi connectivity index (χ0v) is 11.7. The molecule has 4 nitrogen and oxygen atoms in total. The average molecular weight is 276 g/mol. The molecule has 0 fully saturated rings.